The van der Waals surface area contributed by atoms with Crippen molar-refractivity contribution in [3.63, 3.8) is 0 Å². The van der Waals surface area contributed by atoms with Crippen LogP contribution in [0, 0.1) is 5.92 Å². The van der Waals surface area contributed by atoms with Gasteiger partial charge in [0.1, 0.15) is 5.75 Å². The fraction of sp³-hybridized carbons (Fsp3) is 0.500. The summed E-state index contributed by atoms with van der Waals surface area (Å²) in [5.74, 6) is -0.175. The molecule has 0 heterocycles. The van der Waals surface area contributed by atoms with Gasteiger partial charge in [-0.3, -0.25) is 4.79 Å². The van der Waals surface area contributed by atoms with Crippen LogP contribution >= 0.6 is 0 Å². The lowest BCUT2D eigenvalue weighted by atomic mass is 9.93. The van der Waals surface area contributed by atoms with Crippen molar-refractivity contribution in [2.75, 3.05) is 13.7 Å². The lowest BCUT2D eigenvalue weighted by Crippen LogP contribution is -2.22. The monoisotopic (exact) mass is 252 g/mol. The number of hydrogen-bond acceptors (Lipinski definition) is 4. The highest BCUT2D eigenvalue weighted by atomic mass is 16.5. The second-order valence-corrected chi connectivity index (χ2v) is 3.98. The molecule has 4 nitrogen and oxygen atoms in total. The number of aliphatic hydroxyl groups excluding tert-OH is 1. The second kappa shape index (κ2) is 7.01. The highest BCUT2D eigenvalue weighted by Crippen LogP contribution is 2.27. The number of benzene rings is 1. The number of rotatable bonds is 6. The van der Waals surface area contributed by atoms with Crippen LogP contribution in [0.5, 0.6) is 5.75 Å². The molecule has 0 saturated carbocycles. The van der Waals surface area contributed by atoms with E-state index in [2.05, 4.69) is 4.74 Å². The molecule has 0 aliphatic rings. The van der Waals surface area contributed by atoms with E-state index in [1.165, 1.54) is 7.11 Å². The Kier molecular flexibility index (Phi) is 5.65. The Labute approximate surface area is 108 Å². The van der Waals surface area contributed by atoms with Crippen LogP contribution in [0.4, 0.5) is 0 Å². The number of esters is 1. The van der Waals surface area contributed by atoms with E-state index in [9.17, 15) is 9.90 Å². The van der Waals surface area contributed by atoms with Crippen LogP contribution in [-0.4, -0.2) is 24.8 Å². The molecule has 0 bridgehead atoms. The van der Waals surface area contributed by atoms with Crippen molar-refractivity contribution in [3.8, 4) is 5.75 Å². The van der Waals surface area contributed by atoms with E-state index in [1.807, 2.05) is 13.8 Å². The highest BCUT2D eigenvalue weighted by molar-refractivity contribution is 5.73. The summed E-state index contributed by atoms with van der Waals surface area (Å²) < 4.78 is 10.0. The molecule has 0 saturated heterocycles. The van der Waals surface area contributed by atoms with Gasteiger partial charge in [0.05, 0.1) is 25.7 Å². The molecule has 1 rings (SSSR count). The minimum atomic E-state index is -0.849. The maximum Gasteiger partial charge on any atom is 0.311 e. The Morgan fingerprint density at radius 3 is 2.33 bits per heavy atom. The third-order valence-electron chi connectivity index (χ3n) is 2.86. The largest absolute Gasteiger partial charge is 0.494 e. The van der Waals surface area contributed by atoms with Gasteiger partial charge in [-0.05, 0) is 31.0 Å². The van der Waals surface area contributed by atoms with Crippen LogP contribution in [0.15, 0.2) is 24.3 Å². The van der Waals surface area contributed by atoms with E-state index in [0.717, 1.165) is 5.75 Å². The van der Waals surface area contributed by atoms with E-state index < -0.39 is 12.0 Å². The highest BCUT2D eigenvalue weighted by Gasteiger charge is 2.27. The Morgan fingerprint density at radius 1 is 1.28 bits per heavy atom. The minimum Gasteiger partial charge on any atom is -0.494 e. The summed E-state index contributed by atoms with van der Waals surface area (Å²) in [6.07, 6.45) is -0.320. The summed E-state index contributed by atoms with van der Waals surface area (Å²) in [5, 5.41) is 10.2. The molecule has 0 fully saturated rings. The van der Waals surface area contributed by atoms with Crippen LogP contribution < -0.4 is 4.74 Å². The summed E-state index contributed by atoms with van der Waals surface area (Å²) in [6.45, 7) is 4.36. The summed E-state index contributed by atoms with van der Waals surface area (Å²) >= 11 is 0. The molecular weight excluding hydrogens is 232 g/mol. The number of hydrogen-bond donors (Lipinski definition) is 1. The van der Waals surface area contributed by atoms with Gasteiger partial charge in [0.2, 0.25) is 0 Å². The maximum absolute atomic E-state index is 11.5. The molecule has 1 aromatic rings. The van der Waals surface area contributed by atoms with E-state index >= 15 is 0 Å². The van der Waals surface area contributed by atoms with Gasteiger partial charge in [-0.25, -0.2) is 0 Å². The molecule has 0 amide bonds. The third kappa shape index (κ3) is 3.47. The predicted molar refractivity (Wildman–Crippen MR) is 68.4 cm³/mol. The summed E-state index contributed by atoms with van der Waals surface area (Å²) in [6, 6.07) is 7.10. The van der Waals surface area contributed by atoms with Gasteiger partial charge >= 0.3 is 5.97 Å². The second-order valence-electron chi connectivity index (χ2n) is 3.98. The summed E-state index contributed by atoms with van der Waals surface area (Å²) in [4.78, 5) is 11.5. The fourth-order valence-corrected chi connectivity index (χ4v) is 1.83. The average Bonchev–Trinajstić information content (AvgIpc) is 2.40. The van der Waals surface area contributed by atoms with E-state index in [-0.39, 0.29) is 5.97 Å². The van der Waals surface area contributed by atoms with Crippen molar-refractivity contribution in [1.29, 1.82) is 0 Å². The summed E-state index contributed by atoms with van der Waals surface area (Å²) in [7, 11) is 1.33. The first kappa shape index (κ1) is 14.5. The Hall–Kier alpha value is -1.55. The number of carbonyl (C=O) groups is 1. The van der Waals surface area contributed by atoms with Gasteiger partial charge in [-0.15, -0.1) is 0 Å². The van der Waals surface area contributed by atoms with E-state index in [1.54, 1.807) is 24.3 Å². The quantitative estimate of drug-likeness (QED) is 0.789. The molecule has 2 unspecified atom stereocenters. The molecule has 100 valence electrons. The van der Waals surface area contributed by atoms with Crippen LogP contribution in [0.2, 0.25) is 0 Å². The first-order valence-electron chi connectivity index (χ1n) is 6.12. The number of ether oxygens (including phenoxy) is 2. The van der Waals surface area contributed by atoms with Crippen LogP contribution in [0.3, 0.4) is 0 Å². The van der Waals surface area contributed by atoms with Gasteiger partial charge < -0.3 is 14.6 Å². The van der Waals surface area contributed by atoms with Gasteiger partial charge in [0.15, 0.2) is 0 Å². The molecular formula is C14H20O4. The zero-order valence-electron chi connectivity index (χ0n) is 11.1. The van der Waals surface area contributed by atoms with Crippen molar-refractivity contribution in [2.24, 2.45) is 5.92 Å². The van der Waals surface area contributed by atoms with Gasteiger partial charge in [-0.2, -0.15) is 0 Å². The molecule has 1 aromatic carbocycles. The first-order valence-corrected chi connectivity index (χ1v) is 6.12. The topological polar surface area (TPSA) is 55.8 Å². The Morgan fingerprint density at radius 2 is 1.89 bits per heavy atom. The van der Waals surface area contributed by atoms with Crippen molar-refractivity contribution < 1.29 is 19.4 Å². The lowest BCUT2D eigenvalue weighted by molar-refractivity contribution is -0.149. The minimum absolute atomic E-state index is 0.390. The SMILES string of the molecule is CCOc1ccc(C(O)C(CC)C(=O)OC)cc1. The maximum atomic E-state index is 11.5. The summed E-state index contributed by atoms with van der Waals surface area (Å²) in [5.41, 5.74) is 0.690. The molecule has 4 heteroatoms. The van der Waals surface area contributed by atoms with E-state index in [4.69, 9.17) is 4.74 Å². The molecule has 18 heavy (non-hydrogen) atoms. The molecule has 2 atom stereocenters. The zero-order chi connectivity index (χ0) is 13.5. The predicted octanol–water partition coefficient (Wildman–Crippen LogP) is 2.32. The number of methoxy groups -OCH3 is 1. The van der Waals surface area contributed by atoms with Crippen molar-refractivity contribution in [2.45, 2.75) is 26.4 Å². The van der Waals surface area contributed by atoms with Crippen molar-refractivity contribution >= 4 is 5.97 Å². The van der Waals surface area contributed by atoms with E-state index in [0.29, 0.717) is 18.6 Å². The molecule has 0 aliphatic carbocycles. The average molecular weight is 252 g/mol. The first-order chi connectivity index (χ1) is 8.63. The van der Waals surface area contributed by atoms with Crippen LogP contribution in [0.1, 0.15) is 31.9 Å². The van der Waals surface area contributed by atoms with Gasteiger partial charge in [0.25, 0.3) is 0 Å². The van der Waals surface area contributed by atoms with Crippen molar-refractivity contribution in [3.05, 3.63) is 29.8 Å². The number of carbonyl (C=O) groups excluding carboxylic acids is 1. The molecule has 0 aromatic heterocycles. The smallest absolute Gasteiger partial charge is 0.311 e. The molecule has 1 N–H and O–H groups in total. The van der Waals surface area contributed by atoms with Gasteiger partial charge in [0, 0.05) is 0 Å². The molecule has 0 aliphatic heterocycles. The molecule has 0 spiro atoms. The van der Waals surface area contributed by atoms with Crippen molar-refractivity contribution in [1.82, 2.24) is 0 Å². The van der Waals surface area contributed by atoms with Crippen LogP contribution in [0.25, 0.3) is 0 Å². The standard InChI is InChI=1S/C14H20O4/c1-4-12(14(16)17-3)13(15)10-6-8-11(9-7-10)18-5-2/h6-9,12-13,15H,4-5H2,1-3H3. The Bertz CT molecular complexity index is 372. The lowest BCUT2D eigenvalue weighted by Gasteiger charge is -2.19. The Balaban J connectivity index is 2.81. The van der Waals surface area contributed by atoms with Crippen LogP contribution in [-0.2, 0) is 9.53 Å². The fourth-order valence-electron chi connectivity index (χ4n) is 1.83. The third-order valence-corrected chi connectivity index (χ3v) is 2.86. The number of aliphatic hydroxyl groups is 1. The molecule has 0 radical (unpaired) electrons. The zero-order valence-corrected chi connectivity index (χ0v) is 11.1. The van der Waals surface area contributed by atoms with Gasteiger partial charge in [-0.1, -0.05) is 19.1 Å². The normalized spacial score (nSPS) is 13.8.